The molecule has 1 N–H and O–H groups in total. The number of aliphatic hydroxyl groups is 1. The average molecular weight is 385 g/mol. The highest BCUT2D eigenvalue weighted by atomic mass is 16.6. The molecule has 2 saturated heterocycles. The monoisotopic (exact) mass is 385 g/mol. The molecule has 1 amide bonds. The van der Waals surface area contributed by atoms with Crippen LogP contribution in [0.4, 0.5) is 4.79 Å². The molecule has 0 aliphatic carbocycles. The number of carbonyl (C=O) groups excluding carboxylic acids is 1. The Morgan fingerprint density at radius 1 is 1.18 bits per heavy atom. The Balaban J connectivity index is 1.47. The quantitative estimate of drug-likeness (QED) is 0.859. The highest BCUT2D eigenvalue weighted by Crippen LogP contribution is 2.40. The van der Waals surface area contributed by atoms with Gasteiger partial charge in [-0.05, 0) is 11.6 Å². The number of aromatic nitrogens is 2. The van der Waals surface area contributed by atoms with E-state index in [1.807, 2.05) is 30.3 Å². The standard InChI is InChI=1S/C20H23N3O5/c1-26-18-8-7-17(21-22-18)20(25)9-15-12-27-13-16(10-20)23(15)19(24)28-11-14-5-3-2-4-6-14/h2-8,15-16,25H,9-13H2,1H3. The van der Waals surface area contributed by atoms with Crippen LogP contribution in [0.25, 0.3) is 0 Å². The van der Waals surface area contributed by atoms with Gasteiger partial charge in [0.15, 0.2) is 0 Å². The predicted molar refractivity (Wildman–Crippen MR) is 98.6 cm³/mol. The van der Waals surface area contributed by atoms with Crippen molar-refractivity contribution in [3.05, 3.63) is 53.7 Å². The molecular weight excluding hydrogens is 362 g/mol. The first-order valence-electron chi connectivity index (χ1n) is 9.26. The number of carbonyl (C=O) groups is 1. The zero-order valence-corrected chi connectivity index (χ0v) is 15.7. The molecule has 1 aromatic carbocycles. The summed E-state index contributed by atoms with van der Waals surface area (Å²) in [6, 6.07) is 12.4. The van der Waals surface area contributed by atoms with Crippen molar-refractivity contribution in [1.82, 2.24) is 15.1 Å². The third kappa shape index (κ3) is 3.65. The largest absolute Gasteiger partial charge is 0.480 e. The molecule has 2 unspecified atom stereocenters. The number of hydrogen-bond donors (Lipinski definition) is 1. The Bertz CT molecular complexity index is 800. The van der Waals surface area contributed by atoms with Crippen molar-refractivity contribution in [2.24, 2.45) is 0 Å². The maximum atomic E-state index is 12.7. The van der Waals surface area contributed by atoms with Gasteiger partial charge in [-0.3, -0.25) is 4.90 Å². The van der Waals surface area contributed by atoms with Crippen LogP contribution in [0.1, 0.15) is 24.1 Å². The minimum Gasteiger partial charge on any atom is -0.480 e. The topological polar surface area (TPSA) is 94.0 Å². The molecule has 2 aliphatic rings. The number of benzene rings is 1. The fourth-order valence-corrected chi connectivity index (χ4v) is 3.95. The van der Waals surface area contributed by atoms with Crippen LogP contribution in [0, 0.1) is 0 Å². The summed E-state index contributed by atoms with van der Waals surface area (Å²) in [5, 5.41) is 19.3. The van der Waals surface area contributed by atoms with Crippen molar-refractivity contribution in [3.8, 4) is 5.88 Å². The lowest BCUT2D eigenvalue weighted by Gasteiger charge is -2.50. The average Bonchev–Trinajstić information content (AvgIpc) is 2.72. The van der Waals surface area contributed by atoms with Gasteiger partial charge in [-0.1, -0.05) is 30.3 Å². The number of fused-ring (bicyclic) bond motifs is 2. The fourth-order valence-electron chi connectivity index (χ4n) is 3.95. The first-order valence-corrected chi connectivity index (χ1v) is 9.26. The summed E-state index contributed by atoms with van der Waals surface area (Å²) in [5.41, 5.74) is 0.232. The van der Waals surface area contributed by atoms with Crippen molar-refractivity contribution in [1.29, 1.82) is 0 Å². The molecule has 3 heterocycles. The van der Waals surface area contributed by atoms with E-state index in [2.05, 4.69) is 10.2 Å². The Morgan fingerprint density at radius 3 is 2.50 bits per heavy atom. The molecule has 2 atom stereocenters. The molecular formula is C20H23N3O5. The summed E-state index contributed by atoms with van der Waals surface area (Å²) in [6.45, 7) is 0.913. The second-order valence-electron chi connectivity index (χ2n) is 7.19. The van der Waals surface area contributed by atoms with Gasteiger partial charge in [-0.2, -0.15) is 0 Å². The third-order valence-corrected chi connectivity index (χ3v) is 5.30. The van der Waals surface area contributed by atoms with Crippen LogP contribution in [-0.2, 0) is 21.7 Å². The lowest BCUT2D eigenvalue weighted by Crippen LogP contribution is -2.62. The maximum Gasteiger partial charge on any atom is 0.410 e. The summed E-state index contributed by atoms with van der Waals surface area (Å²) in [5.74, 6) is 0.387. The number of morpholine rings is 1. The van der Waals surface area contributed by atoms with E-state index in [-0.39, 0.29) is 24.8 Å². The molecule has 28 heavy (non-hydrogen) atoms. The summed E-state index contributed by atoms with van der Waals surface area (Å²) >= 11 is 0. The van der Waals surface area contributed by atoms with Crippen LogP contribution in [0.3, 0.4) is 0 Å². The molecule has 4 rings (SSSR count). The van der Waals surface area contributed by atoms with Crippen LogP contribution in [-0.4, -0.2) is 58.7 Å². The molecule has 0 spiro atoms. The van der Waals surface area contributed by atoms with Crippen LogP contribution >= 0.6 is 0 Å². The minimum absolute atomic E-state index is 0.213. The van der Waals surface area contributed by atoms with Crippen molar-refractivity contribution in [2.75, 3.05) is 20.3 Å². The van der Waals surface area contributed by atoms with E-state index in [4.69, 9.17) is 14.2 Å². The van der Waals surface area contributed by atoms with Crippen molar-refractivity contribution in [3.63, 3.8) is 0 Å². The number of rotatable bonds is 4. The van der Waals surface area contributed by atoms with Crippen LogP contribution in [0.2, 0.25) is 0 Å². The van der Waals surface area contributed by atoms with Gasteiger partial charge in [0.2, 0.25) is 5.88 Å². The summed E-state index contributed by atoms with van der Waals surface area (Å²) in [4.78, 5) is 14.4. The van der Waals surface area contributed by atoms with Crippen molar-refractivity contribution in [2.45, 2.75) is 37.1 Å². The van der Waals surface area contributed by atoms with Crippen molar-refractivity contribution >= 4 is 6.09 Å². The summed E-state index contributed by atoms with van der Waals surface area (Å²) in [7, 11) is 1.51. The molecule has 8 nitrogen and oxygen atoms in total. The Hall–Kier alpha value is -2.71. The lowest BCUT2D eigenvalue weighted by molar-refractivity contribution is -0.138. The molecule has 2 fully saturated rings. The van der Waals surface area contributed by atoms with Gasteiger partial charge in [0.1, 0.15) is 12.2 Å². The van der Waals surface area contributed by atoms with Gasteiger partial charge >= 0.3 is 6.09 Å². The molecule has 8 heteroatoms. The molecule has 2 aromatic rings. The van der Waals surface area contributed by atoms with Gasteiger partial charge in [0.05, 0.1) is 38.1 Å². The van der Waals surface area contributed by atoms with Crippen LogP contribution < -0.4 is 4.74 Å². The number of methoxy groups -OCH3 is 1. The second-order valence-corrected chi connectivity index (χ2v) is 7.19. The van der Waals surface area contributed by atoms with E-state index in [1.54, 1.807) is 17.0 Å². The number of nitrogens with zero attached hydrogens (tertiary/aromatic N) is 3. The Morgan fingerprint density at radius 2 is 1.89 bits per heavy atom. The second kappa shape index (κ2) is 7.73. The van der Waals surface area contributed by atoms with E-state index in [0.29, 0.717) is 37.6 Å². The van der Waals surface area contributed by atoms with Crippen molar-refractivity contribution < 1.29 is 24.1 Å². The van der Waals surface area contributed by atoms with E-state index in [1.165, 1.54) is 7.11 Å². The Labute approximate surface area is 163 Å². The van der Waals surface area contributed by atoms with Gasteiger partial charge in [0, 0.05) is 18.9 Å². The maximum absolute atomic E-state index is 12.7. The highest BCUT2D eigenvalue weighted by molar-refractivity contribution is 5.69. The highest BCUT2D eigenvalue weighted by Gasteiger charge is 2.50. The first-order chi connectivity index (χ1) is 13.6. The Kier molecular flexibility index (Phi) is 5.15. The number of hydrogen-bond acceptors (Lipinski definition) is 7. The van der Waals surface area contributed by atoms with E-state index in [0.717, 1.165) is 5.56 Å². The molecule has 0 saturated carbocycles. The van der Waals surface area contributed by atoms with Gasteiger partial charge in [-0.15, -0.1) is 10.2 Å². The van der Waals surface area contributed by atoms with Crippen LogP contribution in [0.15, 0.2) is 42.5 Å². The van der Waals surface area contributed by atoms with E-state index < -0.39 is 5.60 Å². The smallest absolute Gasteiger partial charge is 0.410 e. The summed E-state index contributed by atoms with van der Waals surface area (Å²) < 4.78 is 16.2. The zero-order valence-electron chi connectivity index (χ0n) is 15.7. The zero-order chi connectivity index (χ0) is 19.6. The van der Waals surface area contributed by atoms with Crippen LogP contribution in [0.5, 0.6) is 5.88 Å². The lowest BCUT2D eigenvalue weighted by atomic mass is 9.79. The molecule has 1 aromatic heterocycles. The molecule has 0 radical (unpaired) electrons. The number of ether oxygens (including phenoxy) is 3. The molecule has 2 aliphatic heterocycles. The van der Waals surface area contributed by atoms with E-state index >= 15 is 0 Å². The minimum atomic E-state index is -1.17. The van der Waals surface area contributed by atoms with Gasteiger partial charge < -0.3 is 19.3 Å². The predicted octanol–water partition coefficient (Wildman–Crippen LogP) is 1.87. The fraction of sp³-hybridized carbons (Fsp3) is 0.450. The normalized spacial score (nSPS) is 26.6. The number of amides is 1. The third-order valence-electron chi connectivity index (χ3n) is 5.30. The molecule has 2 bridgehead atoms. The first kappa shape index (κ1) is 18.6. The van der Waals surface area contributed by atoms with Gasteiger partial charge in [-0.25, -0.2) is 4.79 Å². The van der Waals surface area contributed by atoms with E-state index in [9.17, 15) is 9.90 Å². The SMILES string of the molecule is COc1ccc(C2(O)CC3COCC(C2)N3C(=O)OCc2ccccc2)nn1. The number of piperidine rings is 1. The summed E-state index contributed by atoms with van der Waals surface area (Å²) in [6.07, 6.45) is 0.237. The molecule has 148 valence electrons. The van der Waals surface area contributed by atoms with Gasteiger partial charge in [0.25, 0.3) is 0 Å².